The zero-order valence-corrected chi connectivity index (χ0v) is 19.4. The summed E-state index contributed by atoms with van der Waals surface area (Å²) in [6.45, 7) is 10.3. The summed E-state index contributed by atoms with van der Waals surface area (Å²) in [5, 5.41) is 1.14. The number of hydrogen-bond donors (Lipinski definition) is 0. The predicted molar refractivity (Wildman–Crippen MR) is 126 cm³/mol. The van der Waals surface area contributed by atoms with E-state index in [1.54, 1.807) is 23.0 Å². The fraction of sp³-hybridized carbons (Fsp3) is 0.417. The Labute approximate surface area is 187 Å². The molecule has 1 aromatic carbocycles. The van der Waals surface area contributed by atoms with Crippen molar-refractivity contribution < 1.29 is 4.79 Å². The lowest BCUT2D eigenvalue weighted by Gasteiger charge is -2.26. The molecule has 0 unspecified atom stereocenters. The van der Waals surface area contributed by atoms with Gasteiger partial charge >= 0.3 is 0 Å². The van der Waals surface area contributed by atoms with Gasteiger partial charge in [0.1, 0.15) is 0 Å². The van der Waals surface area contributed by atoms with Gasteiger partial charge in [-0.25, -0.2) is 4.98 Å². The Kier molecular flexibility index (Phi) is 7.85. The maximum absolute atomic E-state index is 13.2. The second-order valence-corrected chi connectivity index (χ2v) is 9.48. The van der Waals surface area contributed by atoms with Gasteiger partial charge in [-0.05, 0) is 41.7 Å². The zero-order valence-electron chi connectivity index (χ0n) is 18.6. The van der Waals surface area contributed by atoms with Crippen molar-refractivity contribution in [3.8, 4) is 0 Å². The molecule has 0 fully saturated rings. The molecule has 2 heterocycles. The number of amides is 1. The minimum Gasteiger partial charge on any atom is -0.341 e. The molecule has 0 aliphatic heterocycles. The van der Waals surface area contributed by atoms with E-state index in [9.17, 15) is 9.59 Å². The molecule has 0 N–H and O–H groups in total. The first-order valence-electron chi connectivity index (χ1n) is 10.6. The largest absolute Gasteiger partial charge is 0.341 e. The third kappa shape index (κ3) is 6.17. The number of pyridine rings is 1. The van der Waals surface area contributed by atoms with Crippen LogP contribution in [0.4, 0.5) is 0 Å². The third-order valence-electron chi connectivity index (χ3n) is 4.77. The van der Waals surface area contributed by atoms with Crippen molar-refractivity contribution in [1.82, 2.24) is 19.4 Å². The Bertz CT molecular complexity index is 1070. The van der Waals surface area contributed by atoms with Crippen LogP contribution in [0.5, 0.6) is 0 Å². The van der Waals surface area contributed by atoms with Crippen LogP contribution in [0.1, 0.15) is 33.3 Å². The van der Waals surface area contributed by atoms with E-state index in [1.165, 1.54) is 11.8 Å². The van der Waals surface area contributed by atoms with Crippen LogP contribution >= 0.6 is 11.8 Å². The Morgan fingerprint density at radius 3 is 2.32 bits per heavy atom. The van der Waals surface area contributed by atoms with Crippen molar-refractivity contribution >= 4 is 28.6 Å². The van der Waals surface area contributed by atoms with Gasteiger partial charge in [-0.3, -0.25) is 19.1 Å². The summed E-state index contributed by atoms with van der Waals surface area (Å²) in [4.78, 5) is 36.9. The molecule has 2 aromatic heterocycles. The molecule has 0 aliphatic carbocycles. The normalized spacial score (nSPS) is 11.4. The maximum Gasteiger partial charge on any atom is 0.262 e. The van der Waals surface area contributed by atoms with Crippen LogP contribution in [0.15, 0.2) is 58.7 Å². The quantitative estimate of drug-likeness (QED) is 0.372. The van der Waals surface area contributed by atoms with E-state index < -0.39 is 0 Å². The summed E-state index contributed by atoms with van der Waals surface area (Å²) < 4.78 is 1.66. The first-order valence-corrected chi connectivity index (χ1v) is 11.6. The van der Waals surface area contributed by atoms with E-state index in [1.807, 2.05) is 35.2 Å². The van der Waals surface area contributed by atoms with Crippen LogP contribution < -0.4 is 5.56 Å². The van der Waals surface area contributed by atoms with Gasteiger partial charge in [0.05, 0.1) is 23.2 Å². The van der Waals surface area contributed by atoms with E-state index in [4.69, 9.17) is 4.98 Å². The second kappa shape index (κ2) is 10.6. The zero-order chi connectivity index (χ0) is 22.4. The van der Waals surface area contributed by atoms with Crippen LogP contribution in [0, 0.1) is 11.8 Å². The molecular weight excluding hydrogens is 408 g/mol. The number of benzene rings is 1. The Morgan fingerprint density at radius 1 is 1.03 bits per heavy atom. The molecule has 0 radical (unpaired) electrons. The van der Waals surface area contributed by atoms with Crippen LogP contribution in [-0.2, 0) is 11.3 Å². The van der Waals surface area contributed by atoms with Gasteiger partial charge in [0.25, 0.3) is 5.56 Å². The standard InChI is InChI=1S/C24H30N4O2S/c1-17(2)13-27(14-18(3)4)22(29)16-31-24-26-21-8-6-5-7-20(21)23(30)28(24)15-19-9-11-25-12-10-19/h5-12,17-18H,13-16H2,1-4H3. The summed E-state index contributed by atoms with van der Waals surface area (Å²) in [7, 11) is 0. The molecule has 3 aromatic rings. The van der Waals surface area contributed by atoms with Crippen LogP contribution in [0.2, 0.25) is 0 Å². The highest BCUT2D eigenvalue weighted by Crippen LogP contribution is 2.20. The smallest absolute Gasteiger partial charge is 0.262 e. The van der Waals surface area contributed by atoms with Gasteiger partial charge < -0.3 is 4.90 Å². The molecule has 0 spiro atoms. The van der Waals surface area contributed by atoms with Crippen LogP contribution in [0.3, 0.4) is 0 Å². The minimum absolute atomic E-state index is 0.0743. The summed E-state index contributed by atoms with van der Waals surface area (Å²) in [6, 6.07) is 11.1. The topological polar surface area (TPSA) is 68.1 Å². The van der Waals surface area contributed by atoms with Gasteiger partial charge in [0.15, 0.2) is 5.16 Å². The average Bonchev–Trinajstić information content (AvgIpc) is 2.74. The second-order valence-electron chi connectivity index (χ2n) is 8.53. The number of carbonyl (C=O) groups excluding carboxylic acids is 1. The van der Waals surface area contributed by atoms with Crippen molar-refractivity contribution in [2.75, 3.05) is 18.8 Å². The number of rotatable bonds is 9. The predicted octanol–water partition coefficient (Wildman–Crippen LogP) is 4.07. The molecule has 0 aliphatic rings. The lowest BCUT2D eigenvalue weighted by Crippen LogP contribution is -2.38. The number of nitrogens with zero attached hydrogens (tertiary/aromatic N) is 4. The third-order valence-corrected chi connectivity index (χ3v) is 5.73. The number of fused-ring (bicyclic) bond motifs is 1. The van der Waals surface area contributed by atoms with Crippen molar-refractivity contribution in [3.63, 3.8) is 0 Å². The maximum atomic E-state index is 13.2. The molecule has 31 heavy (non-hydrogen) atoms. The van der Waals surface area contributed by atoms with Crippen molar-refractivity contribution in [1.29, 1.82) is 0 Å². The van der Waals surface area contributed by atoms with Gasteiger partial charge in [-0.1, -0.05) is 51.6 Å². The fourth-order valence-corrected chi connectivity index (χ4v) is 4.35. The van der Waals surface area contributed by atoms with E-state index in [0.29, 0.717) is 34.4 Å². The van der Waals surface area contributed by atoms with Crippen molar-refractivity contribution in [2.24, 2.45) is 11.8 Å². The molecule has 3 rings (SSSR count). The van der Waals surface area contributed by atoms with Crippen LogP contribution in [-0.4, -0.2) is 44.2 Å². The highest BCUT2D eigenvalue weighted by molar-refractivity contribution is 7.99. The lowest BCUT2D eigenvalue weighted by molar-refractivity contribution is -0.129. The summed E-state index contributed by atoms with van der Waals surface area (Å²) in [5.41, 5.74) is 1.51. The highest BCUT2D eigenvalue weighted by atomic mass is 32.2. The first-order chi connectivity index (χ1) is 14.8. The van der Waals surface area contributed by atoms with E-state index in [-0.39, 0.29) is 17.2 Å². The molecule has 0 bridgehead atoms. The highest BCUT2D eigenvalue weighted by Gasteiger charge is 2.19. The molecule has 6 nitrogen and oxygen atoms in total. The molecular formula is C24H30N4O2S. The molecule has 164 valence electrons. The Morgan fingerprint density at radius 2 is 1.68 bits per heavy atom. The molecule has 1 amide bonds. The SMILES string of the molecule is CC(C)CN(CC(C)C)C(=O)CSc1nc2ccccc2c(=O)n1Cc1ccncc1. The summed E-state index contributed by atoms with van der Waals surface area (Å²) >= 11 is 1.33. The molecule has 7 heteroatoms. The number of aromatic nitrogens is 3. The summed E-state index contributed by atoms with van der Waals surface area (Å²) in [5.74, 6) is 1.12. The number of thioether (sulfide) groups is 1. The fourth-order valence-electron chi connectivity index (χ4n) is 3.45. The van der Waals surface area contributed by atoms with E-state index >= 15 is 0 Å². The van der Waals surface area contributed by atoms with E-state index in [2.05, 4.69) is 32.7 Å². The molecule has 0 atom stereocenters. The Balaban J connectivity index is 1.90. The van der Waals surface area contributed by atoms with Gasteiger partial charge in [-0.2, -0.15) is 0 Å². The Hall–Kier alpha value is -2.67. The van der Waals surface area contributed by atoms with Gasteiger partial charge in [-0.15, -0.1) is 0 Å². The number of carbonyl (C=O) groups is 1. The van der Waals surface area contributed by atoms with Crippen LogP contribution in [0.25, 0.3) is 10.9 Å². The summed E-state index contributed by atoms with van der Waals surface area (Å²) in [6.07, 6.45) is 3.42. The monoisotopic (exact) mass is 438 g/mol. The van der Waals surface area contributed by atoms with Gasteiger partial charge in [0, 0.05) is 25.5 Å². The number of para-hydroxylation sites is 1. The number of hydrogen-bond acceptors (Lipinski definition) is 5. The first kappa shape index (κ1) is 23.0. The van der Waals surface area contributed by atoms with Gasteiger partial charge in [0.2, 0.25) is 5.91 Å². The average molecular weight is 439 g/mol. The van der Waals surface area contributed by atoms with E-state index in [0.717, 1.165) is 18.7 Å². The van der Waals surface area contributed by atoms with Crippen molar-refractivity contribution in [3.05, 3.63) is 64.7 Å². The minimum atomic E-state index is -0.0985. The lowest BCUT2D eigenvalue weighted by atomic mass is 10.1. The molecule has 0 saturated heterocycles. The van der Waals surface area contributed by atoms with Crippen molar-refractivity contribution in [2.45, 2.75) is 39.4 Å². The molecule has 0 saturated carbocycles.